The van der Waals surface area contributed by atoms with Gasteiger partial charge in [0.25, 0.3) is 0 Å². The second-order valence-corrected chi connectivity index (χ2v) is 5.52. The molecule has 0 saturated heterocycles. The Morgan fingerprint density at radius 3 is 0.864 bits per heavy atom. The summed E-state index contributed by atoms with van der Waals surface area (Å²) in [7, 11) is 0. The van der Waals surface area contributed by atoms with Gasteiger partial charge in [0.1, 0.15) is 0 Å². The zero-order chi connectivity index (χ0) is 14.0. The largest absolute Gasteiger partial charge is 3.00 e. The standard InChI is InChI=1S/2C9H13.3ClH.Zr/c2*1-6-5-7(2)9(4)8(6)3;;;;/h2*5H,1-4H3;3*1H;/q2*-1;;;;+3/p-3. The van der Waals surface area contributed by atoms with Crippen LogP contribution in [0.25, 0.3) is 0 Å². The first-order chi connectivity index (χ1) is 8.25. The van der Waals surface area contributed by atoms with Crippen LogP contribution in [0.4, 0.5) is 0 Å². The van der Waals surface area contributed by atoms with E-state index in [1.54, 1.807) is 0 Å². The minimum atomic E-state index is 0. The van der Waals surface area contributed by atoms with Crippen molar-refractivity contribution in [2.24, 2.45) is 0 Å². The third-order valence-corrected chi connectivity index (χ3v) is 4.36. The minimum absolute atomic E-state index is 0. The topological polar surface area (TPSA) is 0 Å². The summed E-state index contributed by atoms with van der Waals surface area (Å²) >= 11 is 0. The average molecular weight is 440 g/mol. The summed E-state index contributed by atoms with van der Waals surface area (Å²) < 4.78 is 0. The summed E-state index contributed by atoms with van der Waals surface area (Å²) in [6, 6.07) is 4.48. The smallest absolute Gasteiger partial charge is 1.00 e. The van der Waals surface area contributed by atoms with Gasteiger partial charge < -0.3 is 37.2 Å². The molecular weight excluding hydrogens is 414 g/mol. The van der Waals surface area contributed by atoms with Gasteiger partial charge >= 0.3 is 26.2 Å². The van der Waals surface area contributed by atoms with Gasteiger partial charge in [-0.25, -0.2) is 0 Å². The van der Waals surface area contributed by atoms with Gasteiger partial charge in [-0.15, -0.1) is 0 Å². The van der Waals surface area contributed by atoms with E-state index in [9.17, 15) is 0 Å². The number of halogens is 3. The second kappa shape index (κ2) is 12.8. The van der Waals surface area contributed by atoms with Gasteiger partial charge in [-0.1, -0.05) is 55.4 Å². The number of rotatable bonds is 0. The van der Waals surface area contributed by atoms with Crippen LogP contribution in [-0.4, -0.2) is 0 Å². The van der Waals surface area contributed by atoms with Crippen molar-refractivity contribution in [3.8, 4) is 0 Å². The Bertz CT molecular complexity index is 456. The number of hydrogen-bond donors (Lipinski definition) is 0. The van der Waals surface area contributed by atoms with Gasteiger partial charge in [-0.2, -0.15) is 56.6 Å². The van der Waals surface area contributed by atoms with Gasteiger partial charge in [0.2, 0.25) is 0 Å². The molecule has 0 aliphatic rings. The molecule has 0 atom stereocenters. The van der Waals surface area contributed by atoms with E-state index in [0.29, 0.717) is 0 Å². The predicted molar refractivity (Wildman–Crippen MR) is 82.0 cm³/mol. The SMILES string of the molecule is Cc1c[c-](C)c(C)c1C.Cc1c[c-](C)c(C)c1C.[Cl-].[Cl-].[Cl-].[Zr+3]. The van der Waals surface area contributed by atoms with Crippen molar-refractivity contribution in [1.29, 1.82) is 0 Å². The van der Waals surface area contributed by atoms with E-state index in [1.165, 1.54) is 44.5 Å². The van der Waals surface area contributed by atoms with Crippen LogP contribution in [0.15, 0.2) is 12.1 Å². The fourth-order valence-electron chi connectivity index (χ4n) is 2.27. The molecule has 0 aromatic heterocycles. The molecule has 0 heterocycles. The minimum Gasteiger partial charge on any atom is -1.00 e. The quantitative estimate of drug-likeness (QED) is 0.371. The van der Waals surface area contributed by atoms with Crippen LogP contribution in [0.5, 0.6) is 0 Å². The Morgan fingerprint density at radius 1 is 0.591 bits per heavy atom. The number of aryl methyl sites for hydroxylation is 4. The van der Waals surface area contributed by atoms with Crippen molar-refractivity contribution in [2.75, 3.05) is 0 Å². The molecule has 1 radical (unpaired) electrons. The van der Waals surface area contributed by atoms with Crippen LogP contribution in [0.3, 0.4) is 0 Å². The first-order valence-electron chi connectivity index (χ1n) is 6.65. The predicted octanol–water partition coefficient (Wildman–Crippen LogP) is -3.71. The maximum Gasteiger partial charge on any atom is 3.00 e. The average Bonchev–Trinajstić information content (AvgIpc) is 2.66. The van der Waals surface area contributed by atoms with Crippen LogP contribution in [0.2, 0.25) is 0 Å². The monoisotopic (exact) mass is 437 g/mol. The van der Waals surface area contributed by atoms with Crippen molar-refractivity contribution >= 4 is 0 Å². The molecule has 0 aliphatic heterocycles. The summed E-state index contributed by atoms with van der Waals surface area (Å²) in [4.78, 5) is 0. The normalized spacial score (nSPS) is 8.36. The maximum atomic E-state index is 2.24. The Labute approximate surface area is 174 Å². The molecule has 0 bridgehead atoms. The molecular formula is C18H26Cl3Zr-2. The summed E-state index contributed by atoms with van der Waals surface area (Å²) in [6.45, 7) is 17.4. The molecule has 0 amide bonds. The summed E-state index contributed by atoms with van der Waals surface area (Å²) in [5, 5.41) is 0. The van der Waals surface area contributed by atoms with Gasteiger partial charge in [0, 0.05) is 0 Å². The van der Waals surface area contributed by atoms with Crippen molar-refractivity contribution in [3.63, 3.8) is 0 Å². The van der Waals surface area contributed by atoms with E-state index >= 15 is 0 Å². The van der Waals surface area contributed by atoms with Crippen molar-refractivity contribution in [1.82, 2.24) is 0 Å². The summed E-state index contributed by atoms with van der Waals surface area (Å²) in [6.07, 6.45) is 0. The molecule has 125 valence electrons. The van der Waals surface area contributed by atoms with Gasteiger partial charge in [0.15, 0.2) is 0 Å². The van der Waals surface area contributed by atoms with Crippen LogP contribution in [0.1, 0.15) is 44.5 Å². The van der Waals surface area contributed by atoms with Crippen molar-refractivity contribution < 1.29 is 63.4 Å². The Morgan fingerprint density at radius 2 is 0.818 bits per heavy atom. The molecule has 0 aliphatic carbocycles. The Hall–Kier alpha value is 0.453. The van der Waals surface area contributed by atoms with Crippen molar-refractivity contribution in [2.45, 2.75) is 55.4 Å². The zero-order valence-electron chi connectivity index (χ0n) is 14.8. The van der Waals surface area contributed by atoms with E-state index in [1.807, 2.05) is 0 Å². The molecule has 0 nitrogen and oxygen atoms in total. The fourth-order valence-corrected chi connectivity index (χ4v) is 2.27. The number of hydrogen-bond acceptors (Lipinski definition) is 0. The Balaban J connectivity index is -0.000000125. The fraction of sp³-hybridized carbons (Fsp3) is 0.444. The van der Waals surface area contributed by atoms with Crippen LogP contribution in [-0.2, 0) is 26.2 Å². The van der Waals surface area contributed by atoms with Crippen LogP contribution in [0, 0.1) is 55.4 Å². The molecule has 2 rings (SSSR count). The molecule has 22 heavy (non-hydrogen) atoms. The van der Waals surface area contributed by atoms with Crippen molar-refractivity contribution in [3.05, 3.63) is 56.6 Å². The van der Waals surface area contributed by atoms with E-state index in [-0.39, 0.29) is 63.4 Å². The van der Waals surface area contributed by atoms with Gasteiger partial charge in [-0.05, 0) is 0 Å². The summed E-state index contributed by atoms with van der Waals surface area (Å²) in [5.74, 6) is 0. The summed E-state index contributed by atoms with van der Waals surface area (Å²) in [5.41, 5.74) is 11.5. The van der Waals surface area contributed by atoms with Crippen LogP contribution >= 0.6 is 0 Å². The van der Waals surface area contributed by atoms with Crippen LogP contribution < -0.4 is 37.2 Å². The first-order valence-corrected chi connectivity index (χ1v) is 6.65. The molecule has 0 fully saturated rings. The third kappa shape index (κ3) is 7.35. The Kier molecular flexibility index (Phi) is 17.7. The van der Waals surface area contributed by atoms with E-state index in [0.717, 1.165) is 0 Å². The third-order valence-electron chi connectivity index (χ3n) is 4.36. The molecule has 0 spiro atoms. The molecule has 0 saturated carbocycles. The van der Waals surface area contributed by atoms with Gasteiger partial charge in [-0.3, -0.25) is 0 Å². The first kappa shape index (κ1) is 30.3. The molecule has 4 heteroatoms. The maximum absolute atomic E-state index is 2.24. The van der Waals surface area contributed by atoms with E-state index in [4.69, 9.17) is 0 Å². The second-order valence-electron chi connectivity index (χ2n) is 5.52. The zero-order valence-corrected chi connectivity index (χ0v) is 19.5. The molecule has 0 N–H and O–H groups in total. The van der Waals surface area contributed by atoms with Gasteiger partial charge in [0.05, 0.1) is 0 Å². The van der Waals surface area contributed by atoms with E-state index < -0.39 is 0 Å². The molecule has 2 aromatic rings. The molecule has 2 aromatic carbocycles. The molecule has 0 unspecified atom stereocenters. The van der Waals surface area contributed by atoms with E-state index in [2.05, 4.69) is 67.5 Å².